The first kappa shape index (κ1) is 11.5. The second kappa shape index (κ2) is 4.25. The van der Waals surface area contributed by atoms with E-state index in [1.807, 2.05) is 4.90 Å². The van der Waals surface area contributed by atoms with E-state index in [0.717, 1.165) is 25.9 Å². The molecule has 2 saturated heterocycles. The molecule has 3 aliphatic rings. The Hall–Kier alpha value is -0.610. The van der Waals surface area contributed by atoms with Crippen LogP contribution in [0.4, 0.5) is 0 Å². The topological polar surface area (TPSA) is 35.6 Å². The second-order valence-electron chi connectivity index (χ2n) is 5.80. The van der Waals surface area contributed by atoms with Gasteiger partial charge in [-0.2, -0.15) is 0 Å². The molecule has 1 amide bonds. The van der Waals surface area contributed by atoms with Gasteiger partial charge in [0.2, 0.25) is 5.91 Å². The highest BCUT2D eigenvalue weighted by Crippen LogP contribution is 2.41. The fourth-order valence-electron chi connectivity index (χ4n) is 3.20. The van der Waals surface area contributed by atoms with Crippen molar-refractivity contribution in [2.24, 2.45) is 0 Å². The highest BCUT2D eigenvalue weighted by molar-refractivity contribution is 5.91. The van der Waals surface area contributed by atoms with Crippen LogP contribution >= 0.6 is 0 Å². The Morgan fingerprint density at radius 1 is 1.24 bits per heavy atom. The van der Waals surface area contributed by atoms with Crippen LogP contribution in [0.1, 0.15) is 39.0 Å². The van der Waals surface area contributed by atoms with Gasteiger partial charge in [-0.05, 0) is 45.7 Å². The van der Waals surface area contributed by atoms with Gasteiger partial charge in [0.25, 0.3) is 0 Å². The zero-order chi connectivity index (χ0) is 11.9. The summed E-state index contributed by atoms with van der Waals surface area (Å²) in [5, 5.41) is 3.45. The molecule has 3 fully saturated rings. The van der Waals surface area contributed by atoms with Crippen LogP contribution < -0.4 is 5.32 Å². The van der Waals surface area contributed by atoms with Crippen LogP contribution in [0.2, 0.25) is 0 Å². The molecule has 4 nitrogen and oxygen atoms in total. The Morgan fingerprint density at radius 3 is 2.53 bits per heavy atom. The van der Waals surface area contributed by atoms with Gasteiger partial charge < -0.3 is 9.80 Å². The molecule has 0 bridgehead atoms. The molecule has 17 heavy (non-hydrogen) atoms. The molecule has 0 radical (unpaired) electrons. The molecule has 1 spiro atoms. The molecule has 3 rings (SSSR count). The van der Waals surface area contributed by atoms with Crippen molar-refractivity contribution >= 4 is 5.91 Å². The number of rotatable bonds is 3. The molecule has 0 aromatic rings. The van der Waals surface area contributed by atoms with Gasteiger partial charge in [-0.25, -0.2) is 0 Å². The smallest absolute Gasteiger partial charge is 0.244 e. The lowest BCUT2D eigenvalue weighted by Gasteiger charge is -2.29. The third-order valence-corrected chi connectivity index (χ3v) is 4.48. The van der Waals surface area contributed by atoms with E-state index in [-0.39, 0.29) is 11.7 Å². The van der Waals surface area contributed by atoms with Gasteiger partial charge in [-0.15, -0.1) is 0 Å². The maximum absolute atomic E-state index is 12.2. The minimum atomic E-state index is -0.138. The van der Waals surface area contributed by atoms with Crippen molar-refractivity contribution in [3.63, 3.8) is 0 Å². The van der Waals surface area contributed by atoms with Crippen LogP contribution in [0.25, 0.3) is 0 Å². The van der Waals surface area contributed by atoms with Crippen LogP contribution in [-0.2, 0) is 4.79 Å². The number of piperidine rings is 1. The molecule has 1 N–H and O–H groups in total. The van der Waals surface area contributed by atoms with E-state index in [4.69, 9.17) is 0 Å². The van der Waals surface area contributed by atoms with E-state index < -0.39 is 0 Å². The molecule has 2 heterocycles. The highest BCUT2D eigenvalue weighted by Gasteiger charge is 2.57. The van der Waals surface area contributed by atoms with Crippen molar-refractivity contribution in [3.05, 3.63) is 0 Å². The maximum atomic E-state index is 12.2. The Bertz CT molecular complexity index is 308. The average molecular weight is 237 g/mol. The number of amides is 1. The van der Waals surface area contributed by atoms with E-state index >= 15 is 0 Å². The summed E-state index contributed by atoms with van der Waals surface area (Å²) >= 11 is 0. The summed E-state index contributed by atoms with van der Waals surface area (Å²) in [5.74, 6) is 0.349. The van der Waals surface area contributed by atoms with E-state index in [1.165, 1.54) is 32.4 Å². The number of likely N-dealkylation sites (tertiary alicyclic amines) is 1. The Morgan fingerprint density at radius 2 is 1.94 bits per heavy atom. The van der Waals surface area contributed by atoms with Crippen LogP contribution in [0.3, 0.4) is 0 Å². The standard InChI is InChI=1S/C13H23N3O/c1-11-14-13(5-6-13)12(17)16(11)10-9-15-7-3-2-4-8-15/h11,14H,2-10H2,1H3. The number of hydrogen-bond acceptors (Lipinski definition) is 3. The Balaban J connectivity index is 1.52. The van der Waals surface area contributed by atoms with Crippen molar-refractivity contribution < 1.29 is 4.79 Å². The molecule has 1 atom stereocenters. The molecule has 0 aromatic carbocycles. The van der Waals surface area contributed by atoms with E-state index in [0.29, 0.717) is 5.91 Å². The summed E-state index contributed by atoms with van der Waals surface area (Å²) in [6.45, 7) is 6.49. The van der Waals surface area contributed by atoms with Gasteiger partial charge in [0.1, 0.15) is 0 Å². The first-order chi connectivity index (χ1) is 8.21. The fraction of sp³-hybridized carbons (Fsp3) is 0.923. The molecule has 1 aliphatic carbocycles. The van der Waals surface area contributed by atoms with E-state index in [1.54, 1.807) is 0 Å². The minimum absolute atomic E-state index is 0.138. The zero-order valence-corrected chi connectivity index (χ0v) is 10.7. The van der Waals surface area contributed by atoms with Crippen LogP contribution in [0, 0.1) is 0 Å². The van der Waals surface area contributed by atoms with Gasteiger partial charge in [0, 0.05) is 13.1 Å². The maximum Gasteiger partial charge on any atom is 0.244 e. The number of nitrogens with zero attached hydrogens (tertiary/aromatic N) is 2. The van der Waals surface area contributed by atoms with Crippen molar-refractivity contribution in [3.8, 4) is 0 Å². The van der Waals surface area contributed by atoms with Crippen LogP contribution in [0.5, 0.6) is 0 Å². The van der Waals surface area contributed by atoms with E-state index in [2.05, 4.69) is 17.1 Å². The Kier molecular flexibility index (Phi) is 2.87. The average Bonchev–Trinajstić information content (AvgIpc) is 3.06. The molecular weight excluding hydrogens is 214 g/mol. The predicted molar refractivity (Wildman–Crippen MR) is 66.6 cm³/mol. The third-order valence-electron chi connectivity index (χ3n) is 4.48. The molecular formula is C13H23N3O. The molecule has 2 aliphatic heterocycles. The Labute approximate surface area is 103 Å². The number of carbonyl (C=O) groups excluding carboxylic acids is 1. The van der Waals surface area contributed by atoms with Crippen molar-refractivity contribution in [1.29, 1.82) is 0 Å². The van der Waals surface area contributed by atoms with Crippen LogP contribution in [0.15, 0.2) is 0 Å². The lowest BCUT2D eigenvalue weighted by Crippen LogP contribution is -2.42. The largest absolute Gasteiger partial charge is 0.325 e. The summed E-state index contributed by atoms with van der Waals surface area (Å²) in [4.78, 5) is 16.8. The summed E-state index contributed by atoms with van der Waals surface area (Å²) in [7, 11) is 0. The first-order valence-electron chi connectivity index (χ1n) is 7.02. The molecule has 0 aromatic heterocycles. The van der Waals surface area contributed by atoms with Gasteiger partial charge in [0.15, 0.2) is 0 Å². The minimum Gasteiger partial charge on any atom is -0.325 e. The predicted octanol–water partition coefficient (Wildman–Crippen LogP) is 0.783. The SMILES string of the molecule is CC1NC2(CC2)C(=O)N1CCN1CCCCC1. The molecule has 4 heteroatoms. The number of carbonyl (C=O) groups is 1. The zero-order valence-electron chi connectivity index (χ0n) is 10.7. The van der Waals surface area contributed by atoms with E-state index in [9.17, 15) is 4.79 Å². The van der Waals surface area contributed by atoms with Crippen molar-refractivity contribution in [2.45, 2.75) is 50.7 Å². The normalized spacial score (nSPS) is 32.4. The van der Waals surface area contributed by atoms with Crippen molar-refractivity contribution in [1.82, 2.24) is 15.1 Å². The monoisotopic (exact) mass is 237 g/mol. The molecule has 1 unspecified atom stereocenters. The first-order valence-corrected chi connectivity index (χ1v) is 7.02. The number of nitrogens with one attached hydrogen (secondary N) is 1. The van der Waals surface area contributed by atoms with Crippen molar-refractivity contribution in [2.75, 3.05) is 26.2 Å². The quantitative estimate of drug-likeness (QED) is 0.788. The molecule has 1 saturated carbocycles. The second-order valence-corrected chi connectivity index (χ2v) is 5.80. The summed E-state index contributed by atoms with van der Waals surface area (Å²) in [6, 6.07) is 0. The summed E-state index contributed by atoms with van der Waals surface area (Å²) < 4.78 is 0. The van der Waals surface area contributed by atoms with Gasteiger partial charge in [-0.3, -0.25) is 10.1 Å². The fourth-order valence-corrected chi connectivity index (χ4v) is 3.20. The van der Waals surface area contributed by atoms with Gasteiger partial charge in [-0.1, -0.05) is 6.42 Å². The summed E-state index contributed by atoms with van der Waals surface area (Å²) in [5.41, 5.74) is -0.138. The lowest BCUT2D eigenvalue weighted by molar-refractivity contribution is -0.130. The highest BCUT2D eigenvalue weighted by atomic mass is 16.2. The van der Waals surface area contributed by atoms with Crippen LogP contribution in [-0.4, -0.2) is 53.6 Å². The lowest BCUT2D eigenvalue weighted by atomic mass is 10.1. The third kappa shape index (κ3) is 2.08. The number of hydrogen-bond donors (Lipinski definition) is 1. The summed E-state index contributed by atoms with van der Waals surface area (Å²) in [6.07, 6.45) is 6.33. The van der Waals surface area contributed by atoms with Gasteiger partial charge >= 0.3 is 0 Å². The van der Waals surface area contributed by atoms with Gasteiger partial charge in [0.05, 0.1) is 11.7 Å². The molecule has 96 valence electrons.